The predicted octanol–water partition coefficient (Wildman–Crippen LogP) is 3.53. The van der Waals surface area contributed by atoms with E-state index >= 15 is 0 Å². The van der Waals surface area contributed by atoms with Gasteiger partial charge < -0.3 is 10.8 Å². The van der Waals surface area contributed by atoms with Crippen molar-refractivity contribution in [3.05, 3.63) is 47.7 Å². The number of carboxylic acids is 1. The van der Waals surface area contributed by atoms with E-state index in [1.165, 1.54) is 18.2 Å². The number of carbonyl (C=O) groups is 1. The van der Waals surface area contributed by atoms with Gasteiger partial charge in [-0.3, -0.25) is 0 Å². The van der Waals surface area contributed by atoms with E-state index in [1.807, 2.05) is 0 Å². The summed E-state index contributed by atoms with van der Waals surface area (Å²) in [5, 5.41) is 9.28. The number of pyridine rings is 1. The van der Waals surface area contributed by atoms with Crippen LogP contribution in [0, 0.1) is 0 Å². The van der Waals surface area contributed by atoms with Crippen LogP contribution in [0.2, 0.25) is 0 Å². The number of nitrogens with zero attached hydrogens (tertiary/aromatic N) is 1. The van der Waals surface area contributed by atoms with Gasteiger partial charge in [0.1, 0.15) is 5.03 Å². The average Bonchev–Trinajstić information content (AvgIpc) is 2.40. The number of hydrogen-bond acceptors (Lipinski definition) is 4. The first-order chi connectivity index (χ1) is 9.77. The van der Waals surface area contributed by atoms with Gasteiger partial charge in [-0.15, -0.1) is 0 Å². The van der Waals surface area contributed by atoms with Crippen LogP contribution < -0.4 is 5.73 Å². The third-order valence-electron chi connectivity index (χ3n) is 2.54. The third kappa shape index (κ3) is 3.66. The Balaban J connectivity index is 2.22. The summed E-state index contributed by atoms with van der Waals surface area (Å²) >= 11 is 1.05. The van der Waals surface area contributed by atoms with Crippen LogP contribution in [0.3, 0.4) is 0 Å². The minimum atomic E-state index is -4.44. The van der Waals surface area contributed by atoms with Crippen LogP contribution >= 0.6 is 11.8 Å². The molecule has 0 spiro atoms. The summed E-state index contributed by atoms with van der Waals surface area (Å²) in [6.45, 7) is 0. The van der Waals surface area contributed by atoms with Crippen LogP contribution in [0.5, 0.6) is 0 Å². The average molecular weight is 314 g/mol. The second kappa shape index (κ2) is 5.65. The Kier molecular flexibility index (Phi) is 4.08. The fraction of sp³-hybridized carbons (Fsp3) is 0.0769. The van der Waals surface area contributed by atoms with Crippen molar-refractivity contribution >= 4 is 23.4 Å². The highest BCUT2D eigenvalue weighted by Crippen LogP contribution is 2.32. The molecule has 1 heterocycles. The van der Waals surface area contributed by atoms with Crippen LogP contribution in [-0.4, -0.2) is 16.1 Å². The Hall–Kier alpha value is -2.22. The van der Waals surface area contributed by atoms with Crippen LogP contribution in [-0.2, 0) is 6.18 Å². The molecule has 1 aromatic carbocycles. The zero-order chi connectivity index (χ0) is 15.6. The molecule has 110 valence electrons. The highest BCUT2D eigenvalue weighted by Gasteiger charge is 2.30. The van der Waals surface area contributed by atoms with E-state index < -0.39 is 17.7 Å². The molecule has 8 heteroatoms. The lowest BCUT2D eigenvalue weighted by Crippen LogP contribution is -2.05. The van der Waals surface area contributed by atoms with Gasteiger partial charge in [0.2, 0.25) is 0 Å². The number of nitrogens with two attached hydrogens (primary N) is 1. The SMILES string of the molecule is Nc1ccc(Sc2ccc(C(F)(F)F)cn2)cc1C(=O)O. The van der Waals surface area contributed by atoms with Gasteiger partial charge in [-0.1, -0.05) is 11.8 Å². The number of aromatic carboxylic acids is 1. The minimum absolute atomic E-state index is 0.0630. The molecule has 0 fully saturated rings. The molecule has 3 N–H and O–H groups in total. The number of benzene rings is 1. The maximum Gasteiger partial charge on any atom is 0.417 e. The van der Waals surface area contributed by atoms with E-state index in [9.17, 15) is 18.0 Å². The fourth-order valence-electron chi connectivity index (χ4n) is 1.51. The number of hydrogen-bond donors (Lipinski definition) is 2. The normalized spacial score (nSPS) is 11.4. The van der Waals surface area contributed by atoms with Crippen molar-refractivity contribution in [1.82, 2.24) is 4.98 Å². The van der Waals surface area contributed by atoms with Gasteiger partial charge in [-0.2, -0.15) is 13.2 Å². The molecule has 0 atom stereocenters. The maximum atomic E-state index is 12.4. The van der Waals surface area contributed by atoms with Crippen molar-refractivity contribution in [2.75, 3.05) is 5.73 Å². The van der Waals surface area contributed by atoms with Gasteiger partial charge in [0.15, 0.2) is 0 Å². The molecule has 2 rings (SSSR count). The molecular weight excluding hydrogens is 305 g/mol. The minimum Gasteiger partial charge on any atom is -0.478 e. The van der Waals surface area contributed by atoms with Crippen molar-refractivity contribution in [3.63, 3.8) is 0 Å². The Bertz CT molecular complexity index is 672. The summed E-state index contributed by atoms with van der Waals surface area (Å²) in [6.07, 6.45) is -3.70. The summed E-state index contributed by atoms with van der Waals surface area (Å²) < 4.78 is 37.2. The summed E-state index contributed by atoms with van der Waals surface area (Å²) in [7, 11) is 0. The van der Waals surface area contributed by atoms with Gasteiger partial charge in [0.25, 0.3) is 0 Å². The summed E-state index contributed by atoms with van der Waals surface area (Å²) in [5.74, 6) is -1.17. The second-order valence-electron chi connectivity index (χ2n) is 4.04. The molecule has 2 aromatic rings. The molecule has 0 unspecified atom stereocenters. The smallest absolute Gasteiger partial charge is 0.417 e. The van der Waals surface area contributed by atoms with Crippen LogP contribution in [0.15, 0.2) is 46.5 Å². The molecule has 0 saturated carbocycles. The van der Waals surface area contributed by atoms with E-state index in [0.717, 1.165) is 24.0 Å². The van der Waals surface area contributed by atoms with Crippen molar-refractivity contribution in [2.24, 2.45) is 0 Å². The molecule has 0 radical (unpaired) electrons. The van der Waals surface area contributed by atoms with Crippen molar-refractivity contribution in [1.29, 1.82) is 0 Å². The number of nitrogen functional groups attached to an aromatic ring is 1. The number of aromatic nitrogens is 1. The number of carboxylic acid groups (broad SMARTS) is 1. The lowest BCUT2D eigenvalue weighted by atomic mass is 10.2. The van der Waals surface area contributed by atoms with E-state index in [2.05, 4.69) is 4.98 Å². The monoisotopic (exact) mass is 314 g/mol. The largest absolute Gasteiger partial charge is 0.478 e. The van der Waals surface area contributed by atoms with Gasteiger partial charge in [-0.25, -0.2) is 9.78 Å². The quantitative estimate of drug-likeness (QED) is 0.848. The first-order valence-corrected chi connectivity index (χ1v) is 6.43. The van der Waals surface area contributed by atoms with Crippen LogP contribution in [0.1, 0.15) is 15.9 Å². The van der Waals surface area contributed by atoms with Gasteiger partial charge in [0.05, 0.1) is 11.1 Å². The lowest BCUT2D eigenvalue weighted by molar-refractivity contribution is -0.137. The van der Waals surface area contributed by atoms with Crippen LogP contribution in [0.25, 0.3) is 0 Å². The number of alkyl halides is 3. The molecule has 0 bridgehead atoms. The zero-order valence-corrected chi connectivity index (χ0v) is 11.2. The molecule has 21 heavy (non-hydrogen) atoms. The lowest BCUT2D eigenvalue weighted by Gasteiger charge is -2.07. The van der Waals surface area contributed by atoms with Crippen molar-refractivity contribution in [3.8, 4) is 0 Å². The fourth-order valence-corrected chi connectivity index (χ4v) is 2.31. The second-order valence-corrected chi connectivity index (χ2v) is 5.13. The molecule has 0 aliphatic rings. The maximum absolute atomic E-state index is 12.4. The predicted molar refractivity (Wildman–Crippen MR) is 71.2 cm³/mol. The van der Waals surface area contributed by atoms with Crippen molar-refractivity contribution < 1.29 is 23.1 Å². The van der Waals surface area contributed by atoms with Crippen molar-refractivity contribution in [2.45, 2.75) is 16.1 Å². The summed E-state index contributed by atoms with van der Waals surface area (Å²) in [4.78, 5) is 15.2. The highest BCUT2D eigenvalue weighted by molar-refractivity contribution is 7.99. The first-order valence-electron chi connectivity index (χ1n) is 5.61. The van der Waals surface area contributed by atoms with E-state index in [0.29, 0.717) is 9.92 Å². The van der Waals surface area contributed by atoms with Gasteiger partial charge in [-0.05, 0) is 30.3 Å². The van der Waals surface area contributed by atoms with Crippen LogP contribution in [0.4, 0.5) is 18.9 Å². The number of anilines is 1. The van der Waals surface area contributed by atoms with Gasteiger partial charge >= 0.3 is 12.1 Å². The molecule has 1 aromatic heterocycles. The third-order valence-corrected chi connectivity index (χ3v) is 3.48. The van der Waals surface area contributed by atoms with E-state index in [-0.39, 0.29) is 11.3 Å². The standard InChI is InChI=1S/C13H9F3N2O2S/c14-13(15,16)7-1-4-11(18-6-7)21-8-2-3-10(17)9(5-8)12(19)20/h1-6H,17H2,(H,19,20). The molecule has 0 aliphatic carbocycles. The number of rotatable bonds is 3. The molecule has 0 aliphatic heterocycles. The Morgan fingerprint density at radius 1 is 1.24 bits per heavy atom. The molecule has 0 amide bonds. The topological polar surface area (TPSA) is 76.2 Å². The van der Waals surface area contributed by atoms with Gasteiger partial charge in [0, 0.05) is 16.8 Å². The molecule has 4 nitrogen and oxygen atoms in total. The van der Waals surface area contributed by atoms with E-state index in [4.69, 9.17) is 10.8 Å². The summed E-state index contributed by atoms with van der Waals surface area (Å²) in [6, 6.07) is 6.50. The number of halogens is 3. The molecule has 0 saturated heterocycles. The molecular formula is C13H9F3N2O2S. The Morgan fingerprint density at radius 2 is 1.95 bits per heavy atom. The van der Waals surface area contributed by atoms with E-state index in [1.54, 1.807) is 6.07 Å². The summed E-state index contributed by atoms with van der Waals surface area (Å²) in [5.41, 5.74) is 4.74. The Morgan fingerprint density at radius 3 is 2.48 bits per heavy atom. The first kappa shape index (κ1) is 15.2. The highest BCUT2D eigenvalue weighted by atomic mass is 32.2. The Labute approximate surface area is 121 Å². The zero-order valence-electron chi connectivity index (χ0n) is 10.4.